The Hall–Kier alpha value is -2.76. The zero-order valence-corrected chi connectivity index (χ0v) is 16.1. The Labute approximate surface area is 154 Å². The number of ether oxygens (including phenoxy) is 1. The summed E-state index contributed by atoms with van der Waals surface area (Å²) in [7, 11) is 3.07. The lowest BCUT2D eigenvalue weighted by Gasteiger charge is -2.26. The number of methoxy groups -OCH3 is 1. The van der Waals surface area contributed by atoms with Crippen LogP contribution >= 0.6 is 0 Å². The summed E-state index contributed by atoms with van der Waals surface area (Å²) in [5.74, 6) is 1.46. The third kappa shape index (κ3) is 4.88. The van der Waals surface area contributed by atoms with Gasteiger partial charge in [0.15, 0.2) is 5.96 Å². The number of furan rings is 1. The Morgan fingerprint density at radius 3 is 2.54 bits per heavy atom. The molecule has 2 N–H and O–H groups in total. The van der Waals surface area contributed by atoms with Gasteiger partial charge in [0.25, 0.3) is 0 Å². The Bertz CT molecular complexity index is 764. The maximum Gasteiger partial charge on any atom is 0.341 e. The predicted molar refractivity (Wildman–Crippen MR) is 102 cm³/mol. The van der Waals surface area contributed by atoms with Crippen LogP contribution in [0.5, 0.6) is 0 Å². The van der Waals surface area contributed by atoms with E-state index in [4.69, 9.17) is 9.15 Å². The van der Waals surface area contributed by atoms with Gasteiger partial charge < -0.3 is 19.8 Å². The van der Waals surface area contributed by atoms with Crippen LogP contribution in [0.2, 0.25) is 0 Å². The molecule has 0 bridgehead atoms. The zero-order chi connectivity index (χ0) is 19.2. The number of aliphatic imine (C=N–C) groups is 1. The number of rotatable bonds is 6. The van der Waals surface area contributed by atoms with Crippen molar-refractivity contribution in [1.29, 1.82) is 0 Å². The molecule has 0 saturated heterocycles. The molecule has 0 aliphatic rings. The number of aryl methyl sites for hydroxylation is 1. The summed E-state index contributed by atoms with van der Waals surface area (Å²) in [5.41, 5.74) is 1.66. The molecule has 0 fully saturated rings. The summed E-state index contributed by atoms with van der Waals surface area (Å²) < 4.78 is 10.3. The molecular formula is C20H27N3O3. The number of nitrogens with one attached hydrogen (secondary N) is 2. The SMILES string of the molecule is CN=C(NCc1cc(C(=O)OC)c(C)o1)NCC(C)(C)c1ccccc1. The summed E-state index contributed by atoms with van der Waals surface area (Å²) in [5, 5.41) is 6.54. The highest BCUT2D eigenvalue weighted by atomic mass is 16.5. The molecule has 0 amide bonds. The molecule has 2 aromatic rings. The van der Waals surface area contributed by atoms with E-state index in [0.717, 1.165) is 6.54 Å². The normalized spacial score (nSPS) is 12.0. The number of carbonyl (C=O) groups excluding carboxylic acids is 1. The van der Waals surface area contributed by atoms with E-state index in [0.29, 0.717) is 29.6 Å². The minimum absolute atomic E-state index is 0.0434. The van der Waals surface area contributed by atoms with Crippen molar-refractivity contribution in [2.24, 2.45) is 4.99 Å². The van der Waals surface area contributed by atoms with E-state index in [-0.39, 0.29) is 5.41 Å². The quantitative estimate of drug-likeness (QED) is 0.472. The van der Waals surface area contributed by atoms with Crippen LogP contribution in [-0.2, 0) is 16.7 Å². The van der Waals surface area contributed by atoms with Gasteiger partial charge in [-0.2, -0.15) is 0 Å². The summed E-state index contributed by atoms with van der Waals surface area (Å²) >= 11 is 0. The van der Waals surface area contributed by atoms with Gasteiger partial charge in [-0.25, -0.2) is 4.79 Å². The minimum atomic E-state index is -0.399. The van der Waals surface area contributed by atoms with Crippen molar-refractivity contribution in [3.8, 4) is 0 Å². The van der Waals surface area contributed by atoms with Gasteiger partial charge in [-0.05, 0) is 18.6 Å². The van der Waals surface area contributed by atoms with Gasteiger partial charge in [0.1, 0.15) is 17.1 Å². The number of guanidine groups is 1. The number of carbonyl (C=O) groups is 1. The first-order chi connectivity index (χ1) is 12.4. The highest BCUT2D eigenvalue weighted by molar-refractivity contribution is 5.90. The van der Waals surface area contributed by atoms with Crippen LogP contribution in [0.4, 0.5) is 0 Å². The van der Waals surface area contributed by atoms with Gasteiger partial charge in [-0.15, -0.1) is 0 Å². The van der Waals surface area contributed by atoms with Crippen LogP contribution in [0.1, 0.15) is 41.3 Å². The maximum atomic E-state index is 11.7. The number of hydrogen-bond acceptors (Lipinski definition) is 4. The second-order valence-electron chi connectivity index (χ2n) is 6.70. The molecule has 0 unspecified atom stereocenters. The molecule has 0 spiro atoms. The molecule has 1 aromatic carbocycles. The van der Waals surface area contributed by atoms with Crippen molar-refractivity contribution < 1.29 is 13.9 Å². The maximum absolute atomic E-state index is 11.7. The van der Waals surface area contributed by atoms with Crippen LogP contribution in [0.3, 0.4) is 0 Å². The Kier molecular flexibility index (Phi) is 6.44. The summed E-state index contributed by atoms with van der Waals surface area (Å²) in [6, 6.07) is 12.0. The Morgan fingerprint density at radius 1 is 1.23 bits per heavy atom. The number of nitrogens with zero attached hydrogens (tertiary/aromatic N) is 1. The van der Waals surface area contributed by atoms with Gasteiger partial charge >= 0.3 is 5.97 Å². The molecule has 0 aliphatic heterocycles. The Balaban J connectivity index is 1.93. The molecule has 26 heavy (non-hydrogen) atoms. The zero-order valence-electron chi connectivity index (χ0n) is 16.1. The van der Waals surface area contributed by atoms with E-state index in [9.17, 15) is 4.79 Å². The van der Waals surface area contributed by atoms with E-state index in [1.165, 1.54) is 12.7 Å². The third-order valence-electron chi connectivity index (χ3n) is 4.28. The fourth-order valence-electron chi connectivity index (χ4n) is 2.63. The molecule has 1 heterocycles. The largest absolute Gasteiger partial charge is 0.465 e. The lowest BCUT2D eigenvalue weighted by Crippen LogP contribution is -2.43. The molecule has 0 saturated carbocycles. The first-order valence-corrected chi connectivity index (χ1v) is 8.55. The van der Waals surface area contributed by atoms with E-state index in [2.05, 4.69) is 41.6 Å². The average molecular weight is 357 g/mol. The lowest BCUT2D eigenvalue weighted by atomic mass is 9.85. The second kappa shape index (κ2) is 8.56. The molecule has 140 valence electrons. The molecule has 0 aliphatic carbocycles. The lowest BCUT2D eigenvalue weighted by molar-refractivity contribution is 0.0599. The fourth-order valence-corrected chi connectivity index (χ4v) is 2.63. The van der Waals surface area contributed by atoms with E-state index >= 15 is 0 Å². The van der Waals surface area contributed by atoms with Crippen LogP contribution in [0, 0.1) is 6.92 Å². The van der Waals surface area contributed by atoms with Crippen molar-refractivity contribution in [3.05, 3.63) is 59.0 Å². The van der Waals surface area contributed by atoms with Crippen LogP contribution in [0.15, 0.2) is 45.8 Å². The highest BCUT2D eigenvalue weighted by Crippen LogP contribution is 2.21. The minimum Gasteiger partial charge on any atom is -0.465 e. The van der Waals surface area contributed by atoms with E-state index < -0.39 is 5.97 Å². The summed E-state index contributed by atoms with van der Waals surface area (Å²) in [4.78, 5) is 15.9. The van der Waals surface area contributed by atoms with E-state index in [1.54, 1.807) is 20.0 Å². The first kappa shape index (κ1) is 19.6. The van der Waals surface area contributed by atoms with Crippen molar-refractivity contribution in [1.82, 2.24) is 10.6 Å². The number of benzene rings is 1. The topological polar surface area (TPSA) is 75.9 Å². The number of hydrogen-bond donors (Lipinski definition) is 2. The molecule has 0 atom stereocenters. The van der Waals surface area contributed by atoms with Gasteiger partial charge in [0.05, 0.1) is 13.7 Å². The predicted octanol–water partition coefficient (Wildman–Crippen LogP) is 3.02. The number of esters is 1. The van der Waals surface area contributed by atoms with Crippen LogP contribution < -0.4 is 10.6 Å². The second-order valence-corrected chi connectivity index (χ2v) is 6.70. The Morgan fingerprint density at radius 2 is 1.92 bits per heavy atom. The summed E-state index contributed by atoms with van der Waals surface area (Å²) in [6.07, 6.45) is 0. The van der Waals surface area contributed by atoms with Crippen molar-refractivity contribution >= 4 is 11.9 Å². The monoisotopic (exact) mass is 357 g/mol. The molecular weight excluding hydrogens is 330 g/mol. The van der Waals surface area contributed by atoms with Gasteiger partial charge in [0.2, 0.25) is 0 Å². The summed E-state index contributed by atoms with van der Waals surface area (Å²) in [6.45, 7) is 7.25. The first-order valence-electron chi connectivity index (χ1n) is 8.55. The molecule has 6 nitrogen and oxygen atoms in total. The van der Waals surface area contributed by atoms with Gasteiger partial charge in [-0.1, -0.05) is 44.2 Å². The molecule has 2 rings (SSSR count). The van der Waals surface area contributed by atoms with Gasteiger partial charge in [0, 0.05) is 19.0 Å². The smallest absolute Gasteiger partial charge is 0.341 e. The van der Waals surface area contributed by atoms with Crippen molar-refractivity contribution in [3.63, 3.8) is 0 Å². The molecule has 6 heteroatoms. The van der Waals surface area contributed by atoms with Crippen molar-refractivity contribution in [2.75, 3.05) is 20.7 Å². The van der Waals surface area contributed by atoms with Crippen LogP contribution in [-0.4, -0.2) is 32.6 Å². The highest BCUT2D eigenvalue weighted by Gasteiger charge is 2.21. The average Bonchev–Trinajstić information content (AvgIpc) is 3.02. The molecule has 0 radical (unpaired) electrons. The third-order valence-corrected chi connectivity index (χ3v) is 4.28. The van der Waals surface area contributed by atoms with Gasteiger partial charge in [-0.3, -0.25) is 4.99 Å². The fraction of sp³-hybridized carbons (Fsp3) is 0.400. The van der Waals surface area contributed by atoms with Crippen molar-refractivity contribution in [2.45, 2.75) is 32.7 Å². The van der Waals surface area contributed by atoms with E-state index in [1.807, 2.05) is 18.2 Å². The van der Waals surface area contributed by atoms with Crippen LogP contribution in [0.25, 0.3) is 0 Å². The standard InChI is InChI=1S/C20H27N3O3/c1-14-17(18(24)25-5)11-16(26-14)12-22-19(21-4)23-13-20(2,3)15-9-7-6-8-10-15/h6-11H,12-13H2,1-5H3,(H2,21,22,23). The molecule has 1 aromatic heterocycles.